The Hall–Kier alpha value is -2.30. The van der Waals surface area contributed by atoms with Gasteiger partial charge >= 0.3 is 11.9 Å². The summed E-state index contributed by atoms with van der Waals surface area (Å²) in [4.78, 5) is 24.1. The van der Waals surface area contributed by atoms with Crippen molar-refractivity contribution in [3.8, 4) is 0 Å². The van der Waals surface area contributed by atoms with Crippen molar-refractivity contribution >= 4 is 17.6 Å². The van der Waals surface area contributed by atoms with Crippen LogP contribution in [0.4, 0.5) is 5.69 Å². The molecule has 0 atom stereocenters. The summed E-state index contributed by atoms with van der Waals surface area (Å²) in [7, 11) is 0. The minimum atomic E-state index is -1.27. The highest BCUT2D eigenvalue weighted by molar-refractivity contribution is 6.15. The Morgan fingerprint density at radius 1 is 1.05 bits per heavy atom. The van der Waals surface area contributed by atoms with Gasteiger partial charge in [-0.1, -0.05) is 39.0 Å². The van der Waals surface area contributed by atoms with Gasteiger partial charge in [0.15, 0.2) is 5.57 Å². The molecule has 1 saturated heterocycles. The average Bonchev–Trinajstić information content (AvgIpc) is 2.37. The molecule has 0 aliphatic carbocycles. The molecule has 1 heterocycles. The van der Waals surface area contributed by atoms with E-state index in [1.54, 1.807) is 6.92 Å². The summed E-state index contributed by atoms with van der Waals surface area (Å²) in [6.07, 6.45) is 1.31. The molecule has 112 valence electrons. The van der Waals surface area contributed by atoms with E-state index < -0.39 is 23.1 Å². The zero-order chi connectivity index (χ0) is 15.7. The average molecular weight is 289 g/mol. The molecule has 0 bridgehead atoms. The first kappa shape index (κ1) is 15.1. The summed E-state index contributed by atoms with van der Waals surface area (Å²) in [6.45, 7) is 7.10. The van der Waals surface area contributed by atoms with E-state index in [9.17, 15) is 9.59 Å². The summed E-state index contributed by atoms with van der Waals surface area (Å²) in [5.41, 5.74) is 0.0896. The van der Waals surface area contributed by atoms with Crippen molar-refractivity contribution in [2.24, 2.45) is 5.41 Å². The van der Waals surface area contributed by atoms with Crippen LogP contribution in [-0.4, -0.2) is 17.7 Å². The van der Waals surface area contributed by atoms with Crippen LogP contribution in [0.15, 0.2) is 42.1 Å². The minimum Gasteiger partial charge on any atom is -0.418 e. The molecule has 0 unspecified atom stereocenters. The highest BCUT2D eigenvalue weighted by atomic mass is 16.7. The maximum atomic E-state index is 12.1. The zero-order valence-electron chi connectivity index (χ0n) is 12.6. The van der Waals surface area contributed by atoms with Crippen molar-refractivity contribution in [2.75, 3.05) is 5.32 Å². The van der Waals surface area contributed by atoms with Crippen LogP contribution in [0.5, 0.6) is 0 Å². The van der Waals surface area contributed by atoms with E-state index >= 15 is 0 Å². The number of carbonyl (C=O) groups excluding carboxylic acids is 2. The Labute approximate surface area is 123 Å². The number of cyclic esters (lactones) is 2. The predicted octanol–water partition coefficient (Wildman–Crippen LogP) is 2.84. The molecule has 0 aromatic heterocycles. The zero-order valence-corrected chi connectivity index (χ0v) is 12.6. The summed E-state index contributed by atoms with van der Waals surface area (Å²) >= 11 is 0. The van der Waals surface area contributed by atoms with Crippen molar-refractivity contribution in [1.82, 2.24) is 0 Å². The lowest BCUT2D eigenvalue weighted by Gasteiger charge is -2.42. The predicted molar refractivity (Wildman–Crippen MR) is 78.2 cm³/mol. The first-order chi connectivity index (χ1) is 9.73. The van der Waals surface area contributed by atoms with Gasteiger partial charge in [-0.3, -0.25) is 0 Å². The van der Waals surface area contributed by atoms with E-state index in [1.807, 2.05) is 51.1 Å². The van der Waals surface area contributed by atoms with Crippen LogP contribution in [0.25, 0.3) is 0 Å². The van der Waals surface area contributed by atoms with Crippen LogP contribution in [0.2, 0.25) is 0 Å². The summed E-state index contributed by atoms with van der Waals surface area (Å²) in [6, 6.07) is 9.19. The molecule has 1 aromatic carbocycles. The highest BCUT2D eigenvalue weighted by Crippen LogP contribution is 2.38. The first-order valence-electron chi connectivity index (χ1n) is 6.71. The number of para-hydroxylation sites is 1. The molecule has 21 heavy (non-hydrogen) atoms. The van der Waals surface area contributed by atoms with Gasteiger partial charge in [-0.25, -0.2) is 9.59 Å². The number of rotatable bonds is 2. The van der Waals surface area contributed by atoms with Gasteiger partial charge in [0.05, 0.1) is 0 Å². The molecule has 1 aliphatic rings. The summed E-state index contributed by atoms with van der Waals surface area (Å²) in [5, 5.41) is 2.88. The number of anilines is 1. The van der Waals surface area contributed by atoms with Crippen molar-refractivity contribution in [3.05, 3.63) is 42.1 Å². The van der Waals surface area contributed by atoms with Gasteiger partial charge in [-0.15, -0.1) is 0 Å². The van der Waals surface area contributed by atoms with E-state index in [0.717, 1.165) is 5.69 Å². The molecule has 0 radical (unpaired) electrons. The van der Waals surface area contributed by atoms with E-state index in [0.29, 0.717) is 0 Å². The van der Waals surface area contributed by atoms with Crippen LogP contribution >= 0.6 is 0 Å². The molecular weight excluding hydrogens is 270 g/mol. The fourth-order valence-electron chi connectivity index (χ4n) is 1.68. The van der Waals surface area contributed by atoms with E-state index in [1.165, 1.54) is 6.20 Å². The van der Waals surface area contributed by atoms with Crippen molar-refractivity contribution < 1.29 is 19.1 Å². The fraction of sp³-hybridized carbons (Fsp3) is 0.375. The lowest BCUT2D eigenvalue weighted by Crippen LogP contribution is -2.52. The van der Waals surface area contributed by atoms with Gasteiger partial charge in [0.1, 0.15) is 0 Å². The van der Waals surface area contributed by atoms with Gasteiger partial charge in [0, 0.05) is 24.2 Å². The van der Waals surface area contributed by atoms with Crippen molar-refractivity contribution in [3.63, 3.8) is 0 Å². The molecule has 5 nitrogen and oxygen atoms in total. The van der Waals surface area contributed by atoms with Gasteiger partial charge in [0.2, 0.25) is 0 Å². The van der Waals surface area contributed by atoms with Gasteiger partial charge in [-0.2, -0.15) is 0 Å². The molecule has 1 aromatic rings. The maximum Gasteiger partial charge on any atom is 0.350 e. The smallest absolute Gasteiger partial charge is 0.350 e. The Kier molecular flexibility index (Phi) is 3.77. The van der Waals surface area contributed by atoms with Crippen molar-refractivity contribution in [2.45, 2.75) is 33.5 Å². The summed E-state index contributed by atoms with van der Waals surface area (Å²) in [5.74, 6) is -2.65. The molecule has 0 spiro atoms. The van der Waals surface area contributed by atoms with Gasteiger partial charge in [0.25, 0.3) is 5.79 Å². The van der Waals surface area contributed by atoms with Gasteiger partial charge in [-0.05, 0) is 12.1 Å². The fourth-order valence-corrected chi connectivity index (χ4v) is 1.68. The topological polar surface area (TPSA) is 64.6 Å². The third-order valence-corrected chi connectivity index (χ3v) is 3.53. The number of ether oxygens (including phenoxy) is 2. The third-order valence-electron chi connectivity index (χ3n) is 3.53. The van der Waals surface area contributed by atoms with Crippen LogP contribution in [0, 0.1) is 5.41 Å². The molecular formula is C16H19NO4. The Morgan fingerprint density at radius 2 is 1.57 bits per heavy atom. The van der Waals surface area contributed by atoms with E-state index in [2.05, 4.69) is 5.32 Å². The normalized spacial score (nSPS) is 22.4. The monoisotopic (exact) mass is 289 g/mol. The second kappa shape index (κ2) is 5.24. The number of nitrogens with one attached hydrogen (secondary N) is 1. The maximum absolute atomic E-state index is 12.1. The lowest BCUT2D eigenvalue weighted by atomic mass is 9.86. The van der Waals surface area contributed by atoms with Crippen molar-refractivity contribution in [1.29, 1.82) is 0 Å². The standard InChI is InChI=1S/C16H19NO4/c1-15(2,3)16(4)20-13(18)12(14(19)21-16)10-17-11-8-6-5-7-9-11/h5-10,17H,1-4H3. The second-order valence-corrected chi connectivity index (χ2v) is 6.04. The van der Waals surface area contributed by atoms with Crippen LogP contribution in [0.3, 0.4) is 0 Å². The van der Waals surface area contributed by atoms with Gasteiger partial charge < -0.3 is 14.8 Å². The molecule has 5 heteroatoms. The molecule has 0 saturated carbocycles. The number of hydrogen-bond acceptors (Lipinski definition) is 5. The molecule has 1 aliphatic heterocycles. The molecule has 1 fully saturated rings. The Morgan fingerprint density at radius 3 is 2.05 bits per heavy atom. The number of benzene rings is 1. The number of esters is 2. The van der Waals surface area contributed by atoms with Crippen LogP contribution in [-0.2, 0) is 19.1 Å². The van der Waals surface area contributed by atoms with E-state index in [-0.39, 0.29) is 5.57 Å². The SMILES string of the molecule is CC(C)(C)C1(C)OC(=O)C(=CNc2ccccc2)C(=O)O1. The first-order valence-corrected chi connectivity index (χ1v) is 6.71. The third kappa shape index (κ3) is 3.07. The minimum absolute atomic E-state index is 0.152. The van der Waals surface area contributed by atoms with E-state index in [4.69, 9.17) is 9.47 Å². The Balaban J connectivity index is 2.18. The quantitative estimate of drug-likeness (QED) is 0.515. The largest absolute Gasteiger partial charge is 0.418 e. The lowest BCUT2D eigenvalue weighted by molar-refractivity contribution is -0.261. The Bertz CT molecular complexity index is 564. The summed E-state index contributed by atoms with van der Waals surface area (Å²) < 4.78 is 10.6. The second-order valence-electron chi connectivity index (χ2n) is 6.04. The number of carbonyl (C=O) groups is 2. The molecule has 1 N–H and O–H groups in total. The van der Waals surface area contributed by atoms with Crippen LogP contribution in [0.1, 0.15) is 27.7 Å². The highest BCUT2D eigenvalue weighted by Gasteiger charge is 2.50. The van der Waals surface area contributed by atoms with Crippen LogP contribution < -0.4 is 5.32 Å². The molecule has 0 amide bonds. The molecule has 2 rings (SSSR count). The number of hydrogen-bond donors (Lipinski definition) is 1.